The molecule has 0 fully saturated rings. The van der Waals surface area contributed by atoms with Gasteiger partial charge in [0, 0.05) is 28.9 Å². The number of fused-ring (bicyclic) bond motifs is 3. The zero-order valence-corrected chi connectivity index (χ0v) is 19.2. The molecule has 1 atom stereocenters. The maximum atomic E-state index is 13.8. The number of ketones is 1. The van der Waals surface area contributed by atoms with Crippen molar-refractivity contribution in [1.82, 2.24) is 0 Å². The smallest absolute Gasteiger partial charge is 0.245 e. The summed E-state index contributed by atoms with van der Waals surface area (Å²) >= 11 is 0. The molecule has 2 aliphatic heterocycles. The van der Waals surface area contributed by atoms with Crippen LogP contribution in [-0.2, 0) is 15.0 Å². The summed E-state index contributed by atoms with van der Waals surface area (Å²) in [6.07, 6.45) is 0.847. The van der Waals surface area contributed by atoms with Crippen molar-refractivity contribution in [3.63, 3.8) is 0 Å². The van der Waals surface area contributed by atoms with Crippen LogP contribution in [0.15, 0.2) is 65.1 Å². The molecular formula is C27H26N4O2. The van der Waals surface area contributed by atoms with Gasteiger partial charge in [0.25, 0.3) is 0 Å². The van der Waals surface area contributed by atoms with Crippen molar-refractivity contribution >= 4 is 23.1 Å². The van der Waals surface area contributed by atoms with Crippen molar-refractivity contribution in [3.8, 4) is 6.07 Å². The largest absolute Gasteiger partial charge is 0.384 e. The van der Waals surface area contributed by atoms with Crippen molar-refractivity contribution < 1.29 is 9.59 Å². The first-order valence-corrected chi connectivity index (χ1v) is 11.1. The summed E-state index contributed by atoms with van der Waals surface area (Å²) in [5, 5.41) is 13.3. The van der Waals surface area contributed by atoms with E-state index in [1.165, 1.54) is 0 Å². The van der Waals surface area contributed by atoms with Gasteiger partial charge < -0.3 is 11.1 Å². The summed E-state index contributed by atoms with van der Waals surface area (Å²) in [5.41, 5.74) is 10.00. The molecule has 0 unspecified atom stereocenters. The normalized spacial score (nSPS) is 23.4. The van der Waals surface area contributed by atoms with E-state index in [4.69, 9.17) is 5.73 Å². The second-order valence-corrected chi connectivity index (χ2v) is 10.0. The lowest BCUT2D eigenvalue weighted by Crippen LogP contribution is -2.52. The number of anilines is 2. The predicted octanol–water partition coefficient (Wildman–Crippen LogP) is 4.35. The lowest BCUT2D eigenvalue weighted by Gasteiger charge is -2.47. The molecule has 6 nitrogen and oxygen atoms in total. The van der Waals surface area contributed by atoms with Gasteiger partial charge in [-0.3, -0.25) is 14.5 Å². The molecule has 0 saturated heterocycles. The van der Waals surface area contributed by atoms with Crippen LogP contribution in [0.5, 0.6) is 0 Å². The van der Waals surface area contributed by atoms with Crippen LogP contribution in [0.25, 0.3) is 0 Å². The van der Waals surface area contributed by atoms with Crippen LogP contribution in [0.3, 0.4) is 0 Å². The number of hydrogen-bond acceptors (Lipinski definition) is 5. The third-order valence-corrected chi connectivity index (χ3v) is 7.01. The summed E-state index contributed by atoms with van der Waals surface area (Å²) in [6, 6.07) is 15.6. The van der Waals surface area contributed by atoms with E-state index in [1.807, 2.05) is 75.1 Å². The fraction of sp³-hybridized carbons (Fsp3) is 0.296. The van der Waals surface area contributed by atoms with Gasteiger partial charge in [-0.15, -0.1) is 0 Å². The quantitative estimate of drug-likeness (QED) is 0.690. The summed E-state index contributed by atoms with van der Waals surface area (Å²) in [6.45, 7) is 7.99. The highest BCUT2D eigenvalue weighted by Crippen LogP contribution is 2.57. The number of nitrogens with two attached hydrogens (primary N) is 1. The number of nitrogens with one attached hydrogen (secondary N) is 1. The minimum Gasteiger partial charge on any atom is -0.384 e. The second-order valence-electron chi connectivity index (χ2n) is 10.0. The van der Waals surface area contributed by atoms with Crippen LogP contribution in [0.4, 0.5) is 11.4 Å². The van der Waals surface area contributed by atoms with Gasteiger partial charge in [-0.25, -0.2) is 0 Å². The number of carbonyl (C=O) groups is 2. The van der Waals surface area contributed by atoms with E-state index in [-0.39, 0.29) is 22.6 Å². The van der Waals surface area contributed by atoms with Crippen molar-refractivity contribution in [2.45, 2.75) is 46.0 Å². The van der Waals surface area contributed by atoms with Crippen molar-refractivity contribution in [1.29, 1.82) is 5.26 Å². The second kappa shape index (κ2) is 6.82. The number of para-hydroxylation sites is 1. The standard InChI is InChI=1S/C27H26N4O2/c1-15-9-10-19-17(11-15)27(25(33)30-19)18(14-28)24(29)31(20-8-6-5-7-16(20)2)21-12-26(3,4)13-22(32)23(21)27/h5-11H,12-13,29H2,1-4H3,(H,30,33)/t27-/m0/s1. The Kier molecular flexibility index (Phi) is 4.35. The zero-order valence-electron chi connectivity index (χ0n) is 19.2. The third-order valence-electron chi connectivity index (χ3n) is 7.01. The van der Waals surface area contributed by atoms with Gasteiger partial charge >= 0.3 is 0 Å². The molecule has 2 aromatic carbocycles. The molecule has 3 aliphatic rings. The Morgan fingerprint density at radius 2 is 1.82 bits per heavy atom. The number of nitriles is 1. The summed E-state index contributed by atoms with van der Waals surface area (Å²) in [4.78, 5) is 29.4. The first kappa shape index (κ1) is 21.0. The number of nitrogens with zero attached hydrogens (tertiary/aromatic N) is 2. The molecule has 2 heterocycles. The molecule has 1 amide bonds. The molecule has 0 aromatic heterocycles. The third kappa shape index (κ3) is 2.72. The molecular weight excluding hydrogens is 412 g/mol. The Bertz CT molecular complexity index is 1360. The zero-order chi connectivity index (χ0) is 23.7. The van der Waals surface area contributed by atoms with Crippen molar-refractivity contribution in [2.75, 3.05) is 10.2 Å². The topological polar surface area (TPSA) is 99.2 Å². The van der Waals surface area contributed by atoms with Gasteiger partial charge in [0.15, 0.2) is 5.78 Å². The number of hydrogen-bond donors (Lipinski definition) is 2. The molecule has 0 saturated carbocycles. The molecule has 5 rings (SSSR count). The molecule has 166 valence electrons. The highest BCUT2D eigenvalue weighted by Gasteiger charge is 2.61. The van der Waals surface area contributed by atoms with Gasteiger partial charge in [0.2, 0.25) is 5.91 Å². The molecule has 6 heteroatoms. The van der Waals surface area contributed by atoms with Gasteiger partial charge in [0.05, 0.1) is 11.3 Å². The van der Waals surface area contributed by atoms with Crippen LogP contribution in [0.2, 0.25) is 0 Å². The fourth-order valence-electron chi connectivity index (χ4n) is 5.62. The van der Waals surface area contributed by atoms with E-state index in [0.717, 1.165) is 16.8 Å². The van der Waals surface area contributed by atoms with Crippen molar-refractivity contribution in [2.24, 2.45) is 11.1 Å². The number of rotatable bonds is 1. The maximum absolute atomic E-state index is 13.8. The molecule has 0 radical (unpaired) electrons. The van der Waals surface area contributed by atoms with E-state index >= 15 is 0 Å². The van der Waals surface area contributed by atoms with Crippen LogP contribution in [0, 0.1) is 30.6 Å². The fourth-order valence-corrected chi connectivity index (χ4v) is 5.62. The molecule has 1 aliphatic carbocycles. The number of allylic oxidation sites excluding steroid dienone is 1. The van der Waals surface area contributed by atoms with Crippen molar-refractivity contribution in [3.05, 3.63) is 81.8 Å². The van der Waals surface area contributed by atoms with Gasteiger partial charge in [0.1, 0.15) is 17.3 Å². The Balaban J connectivity index is 1.93. The Morgan fingerprint density at radius 3 is 2.52 bits per heavy atom. The average molecular weight is 439 g/mol. The predicted molar refractivity (Wildman–Crippen MR) is 127 cm³/mol. The number of carbonyl (C=O) groups excluding carboxylic acids is 2. The monoisotopic (exact) mass is 438 g/mol. The van der Waals surface area contributed by atoms with Crippen LogP contribution in [-0.4, -0.2) is 11.7 Å². The summed E-state index contributed by atoms with van der Waals surface area (Å²) in [5.74, 6) is -0.322. The lowest BCUT2D eigenvalue weighted by molar-refractivity contribution is -0.123. The summed E-state index contributed by atoms with van der Waals surface area (Å²) in [7, 11) is 0. The lowest BCUT2D eigenvalue weighted by atomic mass is 9.60. The molecule has 1 spiro atoms. The minimum absolute atomic E-state index is 0.0967. The van der Waals surface area contributed by atoms with E-state index in [2.05, 4.69) is 11.4 Å². The van der Waals surface area contributed by atoms with Gasteiger partial charge in [-0.1, -0.05) is 49.7 Å². The molecule has 3 N–H and O–H groups in total. The summed E-state index contributed by atoms with van der Waals surface area (Å²) < 4.78 is 0. The Hall–Kier alpha value is -3.85. The average Bonchev–Trinajstić information content (AvgIpc) is 3.00. The Morgan fingerprint density at radius 1 is 1.09 bits per heavy atom. The van der Waals surface area contributed by atoms with Gasteiger partial charge in [-0.2, -0.15) is 5.26 Å². The van der Waals surface area contributed by atoms with Crippen LogP contribution in [0.1, 0.15) is 43.4 Å². The minimum atomic E-state index is -1.54. The van der Waals surface area contributed by atoms with Gasteiger partial charge in [-0.05, 0) is 43.4 Å². The Labute approximate surface area is 193 Å². The van der Waals surface area contributed by atoms with Crippen LogP contribution >= 0.6 is 0 Å². The molecule has 2 aromatic rings. The number of aryl methyl sites for hydroxylation is 2. The van der Waals surface area contributed by atoms with E-state index in [1.54, 1.807) is 0 Å². The molecule has 0 bridgehead atoms. The number of amides is 1. The first-order chi connectivity index (χ1) is 15.6. The number of Topliss-reactive ketones (excluding diaryl/α,β-unsaturated/α-hetero) is 1. The highest BCUT2D eigenvalue weighted by atomic mass is 16.2. The first-order valence-electron chi connectivity index (χ1n) is 11.1. The SMILES string of the molecule is Cc1ccc2c(c1)[C@]1(C(=O)N2)C(C#N)=C(N)N(c2ccccc2C)C2=C1C(=O)CC(C)(C)C2. The maximum Gasteiger partial charge on any atom is 0.245 e. The van der Waals surface area contributed by atoms with E-state index in [9.17, 15) is 14.9 Å². The number of benzene rings is 2. The van der Waals surface area contributed by atoms with E-state index < -0.39 is 11.3 Å². The van der Waals surface area contributed by atoms with Crippen LogP contribution < -0.4 is 16.0 Å². The highest BCUT2D eigenvalue weighted by molar-refractivity contribution is 6.20. The molecule has 33 heavy (non-hydrogen) atoms. The van der Waals surface area contributed by atoms with E-state index in [0.29, 0.717) is 35.4 Å².